The molecule has 0 atom stereocenters. The second kappa shape index (κ2) is 12.3. The van der Waals surface area contributed by atoms with Gasteiger partial charge in [-0.3, -0.25) is 9.59 Å². The molecule has 0 aliphatic carbocycles. The molecule has 0 aromatic heterocycles. The highest BCUT2D eigenvalue weighted by Gasteiger charge is 2.20. The Morgan fingerprint density at radius 2 is 1.78 bits per heavy atom. The van der Waals surface area contributed by atoms with E-state index in [0.29, 0.717) is 32.6 Å². The molecule has 0 bridgehead atoms. The Labute approximate surface area is 140 Å². The van der Waals surface area contributed by atoms with E-state index in [1.807, 2.05) is 20.8 Å². The van der Waals surface area contributed by atoms with Crippen LogP contribution < -0.4 is 5.32 Å². The first-order valence-electron chi connectivity index (χ1n) is 8.46. The molecular weight excluding hydrogens is 296 g/mol. The number of methoxy groups -OCH3 is 1. The van der Waals surface area contributed by atoms with Gasteiger partial charge in [-0.1, -0.05) is 27.7 Å². The maximum Gasteiger partial charge on any atom is 0.305 e. The Hall–Kier alpha value is -1.14. The molecule has 0 radical (unpaired) electrons. The standard InChI is InChI=1S/C17H34N2O4/c1-6-19(12-14-22-5)11-8-13-23-15(20)9-7-10-18-16(21)17(2,3)4/h6-14H2,1-5H3,(H,18,21). The largest absolute Gasteiger partial charge is 0.466 e. The van der Waals surface area contributed by atoms with Crippen molar-refractivity contribution in [2.75, 3.05) is 46.5 Å². The van der Waals surface area contributed by atoms with E-state index in [1.165, 1.54) is 0 Å². The predicted molar refractivity (Wildman–Crippen MR) is 91.3 cm³/mol. The number of hydrogen-bond donors (Lipinski definition) is 1. The van der Waals surface area contributed by atoms with Crippen molar-refractivity contribution in [3.8, 4) is 0 Å². The number of hydrogen-bond acceptors (Lipinski definition) is 5. The van der Waals surface area contributed by atoms with Gasteiger partial charge >= 0.3 is 5.97 Å². The molecule has 1 amide bonds. The van der Waals surface area contributed by atoms with Crippen molar-refractivity contribution in [2.24, 2.45) is 5.41 Å². The van der Waals surface area contributed by atoms with Gasteiger partial charge in [-0.05, 0) is 19.4 Å². The fourth-order valence-corrected chi connectivity index (χ4v) is 1.89. The van der Waals surface area contributed by atoms with Crippen LogP contribution in [0.25, 0.3) is 0 Å². The topological polar surface area (TPSA) is 67.9 Å². The summed E-state index contributed by atoms with van der Waals surface area (Å²) in [6, 6.07) is 0. The molecule has 23 heavy (non-hydrogen) atoms. The van der Waals surface area contributed by atoms with Gasteiger partial charge in [-0.2, -0.15) is 0 Å². The number of amides is 1. The molecule has 6 heteroatoms. The summed E-state index contributed by atoms with van der Waals surface area (Å²) in [7, 11) is 1.69. The van der Waals surface area contributed by atoms with Crippen LogP contribution in [0.5, 0.6) is 0 Å². The highest BCUT2D eigenvalue weighted by Crippen LogP contribution is 2.12. The van der Waals surface area contributed by atoms with Crippen molar-refractivity contribution in [1.29, 1.82) is 0 Å². The Balaban J connectivity index is 3.62. The first kappa shape index (κ1) is 21.9. The van der Waals surface area contributed by atoms with Gasteiger partial charge < -0.3 is 19.7 Å². The van der Waals surface area contributed by atoms with Crippen LogP contribution in [0.1, 0.15) is 47.0 Å². The zero-order valence-corrected chi connectivity index (χ0v) is 15.4. The summed E-state index contributed by atoms with van der Waals surface area (Å²) in [4.78, 5) is 25.5. The molecule has 0 aliphatic heterocycles. The van der Waals surface area contributed by atoms with Gasteiger partial charge in [0.15, 0.2) is 0 Å². The van der Waals surface area contributed by atoms with Crippen molar-refractivity contribution < 1.29 is 19.1 Å². The third kappa shape index (κ3) is 12.0. The fourth-order valence-electron chi connectivity index (χ4n) is 1.89. The molecule has 0 heterocycles. The average Bonchev–Trinajstić information content (AvgIpc) is 2.49. The molecule has 0 saturated carbocycles. The lowest BCUT2D eigenvalue weighted by atomic mass is 9.96. The van der Waals surface area contributed by atoms with Gasteiger partial charge in [0.1, 0.15) is 0 Å². The molecule has 0 aliphatic rings. The normalized spacial score (nSPS) is 11.6. The molecule has 0 aromatic rings. The van der Waals surface area contributed by atoms with Crippen molar-refractivity contribution >= 4 is 11.9 Å². The van der Waals surface area contributed by atoms with E-state index in [0.717, 1.165) is 26.1 Å². The van der Waals surface area contributed by atoms with Crippen LogP contribution in [-0.2, 0) is 19.1 Å². The van der Waals surface area contributed by atoms with E-state index in [4.69, 9.17) is 9.47 Å². The van der Waals surface area contributed by atoms with Crippen LogP contribution in [0, 0.1) is 5.41 Å². The third-order valence-electron chi connectivity index (χ3n) is 3.47. The number of likely N-dealkylation sites (N-methyl/N-ethyl adjacent to an activating group) is 1. The van der Waals surface area contributed by atoms with E-state index < -0.39 is 5.41 Å². The van der Waals surface area contributed by atoms with E-state index in [1.54, 1.807) is 7.11 Å². The molecular formula is C17H34N2O4. The Morgan fingerprint density at radius 1 is 1.09 bits per heavy atom. The minimum atomic E-state index is -0.394. The second-order valence-corrected chi connectivity index (χ2v) is 6.61. The number of nitrogens with one attached hydrogen (secondary N) is 1. The Kier molecular flexibility index (Phi) is 11.7. The summed E-state index contributed by atoms with van der Waals surface area (Å²) in [5.74, 6) is -0.198. The lowest BCUT2D eigenvalue weighted by Crippen LogP contribution is -2.35. The Morgan fingerprint density at radius 3 is 2.35 bits per heavy atom. The van der Waals surface area contributed by atoms with Crippen LogP contribution in [0.4, 0.5) is 0 Å². The number of carbonyl (C=O) groups is 2. The summed E-state index contributed by atoms with van der Waals surface area (Å²) in [6.07, 6.45) is 1.77. The van der Waals surface area contributed by atoms with E-state index in [-0.39, 0.29) is 11.9 Å². The van der Waals surface area contributed by atoms with Gasteiger partial charge in [0, 0.05) is 38.6 Å². The summed E-state index contributed by atoms with van der Waals surface area (Å²) < 4.78 is 10.3. The van der Waals surface area contributed by atoms with Gasteiger partial charge in [0.05, 0.1) is 13.2 Å². The fraction of sp³-hybridized carbons (Fsp3) is 0.882. The smallest absolute Gasteiger partial charge is 0.305 e. The van der Waals surface area contributed by atoms with Gasteiger partial charge in [0.2, 0.25) is 5.91 Å². The summed E-state index contributed by atoms with van der Waals surface area (Å²) in [5.41, 5.74) is -0.394. The van der Waals surface area contributed by atoms with Crippen molar-refractivity contribution in [1.82, 2.24) is 10.2 Å². The zero-order chi connectivity index (χ0) is 17.7. The van der Waals surface area contributed by atoms with E-state index in [2.05, 4.69) is 17.1 Å². The van der Waals surface area contributed by atoms with E-state index >= 15 is 0 Å². The van der Waals surface area contributed by atoms with Crippen LogP contribution in [0.2, 0.25) is 0 Å². The average molecular weight is 330 g/mol. The van der Waals surface area contributed by atoms with Crippen molar-refractivity contribution in [2.45, 2.75) is 47.0 Å². The van der Waals surface area contributed by atoms with Crippen molar-refractivity contribution in [3.05, 3.63) is 0 Å². The maximum absolute atomic E-state index is 11.6. The molecule has 0 fully saturated rings. The number of ether oxygens (including phenoxy) is 2. The molecule has 0 saturated heterocycles. The quantitative estimate of drug-likeness (QED) is 0.437. The molecule has 1 N–H and O–H groups in total. The molecule has 0 aromatic carbocycles. The van der Waals surface area contributed by atoms with Crippen molar-refractivity contribution in [3.63, 3.8) is 0 Å². The number of rotatable bonds is 12. The first-order valence-corrected chi connectivity index (χ1v) is 8.46. The van der Waals surface area contributed by atoms with Crippen LogP contribution in [-0.4, -0.2) is 63.3 Å². The van der Waals surface area contributed by atoms with Gasteiger partial charge in [-0.15, -0.1) is 0 Å². The van der Waals surface area contributed by atoms with E-state index in [9.17, 15) is 9.59 Å². The first-order chi connectivity index (χ1) is 10.8. The molecule has 0 unspecified atom stereocenters. The minimum Gasteiger partial charge on any atom is -0.466 e. The SMILES string of the molecule is CCN(CCCOC(=O)CCCNC(=O)C(C)(C)C)CCOC. The third-order valence-corrected chi connectivity index (χ3v) is 3.47. The molecule has 0 rings (SSSR count). The molecule has 136 valence electrons. The molecule has 0 spiro atoms. The Bertz CT molecular complexity index is 340. The minimum absolute atomic E-state index is 0.00147. The highest BCUT2D eigenvalue weighted by atomic mass is 16.5. The van der Waals surface area contributed by atoms with Gasteiger partial charge in [-0.25, -0.2) is 0 Å². The summed E-state index contributed by atoms with van der Waals surface area (Å²) >= 11 is 0. The summed E-state index contributed by atoms with van der Waals surface area (Å²) in [5, 5.41) is 2.82. The predicted octanol–water partition coefficient (Wildman–Crippen LogP) is 1.83. The molecule has 6 nitrogen and oxygen atoms in total. The lowest BCUT2D eigenvalue weighted by molar-refractivity contribution is -0.144. The number of esters is 1. The van der Waals surface area contributed by atoms with Crippen LogP contribution in [0.15, 0.2) is 0 Å². The maximum atomic E-state index is 11.6. The second-order valence-electron chi connectivity index (χ2n) is 6.61. The summed E-state index contributed by atoms with van der Waals surface area (Å²) in [6.45, 7) is 12.1. The highest BCUT2D eigenvalue weighted by molar-refractivity contribution is 5.81. The zero-order valence-electron chi connectivity index (χ0n) is 15.4. The van der Waals surface area contributed by atoms with Crippen LogP contribution in [0.3, 0.4) is 0 Å². The van der Waals surface area contributed by atoms with Gasteiger partial charge in [0.25, 0.3) is 0 Å². The number of carbonyl (C=O) groups excluding carboxylic acids is 2. The van der Waals surface area contributed by atoms with Crippen LogP contribution >= 0.6 is 0 Å². The number of nitrogens with zero attached hydrogens (tertiary/aromatic N) is 1. The lowest BCUT2D eigenvalue weighted by Gasteiger charge is -2.19. The monoisotopic (exact) mass is 330 g/mol.